The van der Waals surface area contributed by atoms with E-state index in [1.165, 1.54) is 0 Å². The zero-order chi connectivity index (χ0) is 18.8. The molecule has 144 valence electrons. The number of hydrogen-bond acceptors (Lipinski definition) is 5. The first-order valence-corrected chi connectivity index (χ1v) is 9.44. The van der Waals surface area contributed by atoms with Crippen LogP contribution in [0.2, 0.25) is 0 Å². The largest absolute Gasteiger partial charge is 0.486 e. The van der Waals surface area contributed by atoms with Gasteiger partial charge in [0.15, 0.2) is 11.5 Å². The van der Waals surface area contributed by atoms with Crippen LogP contribution in [-0.2, 0) is 6.42 Å². The van der Waals surface area contributed by atoms with E-state index in [1.807, 2.05) is 23.1 Å². The van der Waals surface area contributed by atoms with Gasteiger partial charge in [0, 0.05) is 37.3 Å². The first-order chi connectivity index (χ1) is 13.1. The van der Waals surface area contributed by atoms with Crippen molar-refractivity contribution in [2.24, 2.45) is 5.92 Å². The molecule has 3 heterocycles. The van der Waals surface area contributed by atoms with Crippen molar-refractivity contribution in [1.82, 2.24) is 19.7 Å². The van der Waals surface area contributed by atoms with Gasteiger partial charge in [-0.3, -0.25) is 0 Å². The van der Waals surface area contributed by atoms with E-state index in [0.29, 0.717) is 36.6 Å². The van der Waals surface area contributed by atoms with Crippen molar-refractivity contribution >= 4 is 11.7 Å². The Bertz CT molecular complexity index is 819. The fourth-order valence-corrected chi connectivity index (χ4v) is 3.61. The Morgan fingerprint density at radius 3 is 2.93 bits per heavy atom. The van der Waals surface area contributed by atoms with Crippen LogP contribution in [0.25, 0.3) is 0 Å². The van der Waals surface area contributed by atoms with Crippen LogP contribution in [0.3, 0.4) is 0 Å². The molecule has 1 atom stereocenters. The first-order valence-electron chi connectivity index (χ1n) is 9.44. The van der Waals surface area contributed by atoms with Gasteiger partial charge in [0.2, 0.25) is 0 Å². The summed E-state index contributed by atoms with van der Waals surface area (Å²) in [5.41, 5.74) is 0.715. The number of rotatable bonds is 4. The highest BCUT2D eigenvalue weighted by Gasteiger charge is 2.28. The highest BCUT2D eigenvalue weighted by molar-refractivity contribution is 5.90. The topological polar surface area (TPSA) is 81.5 Å². The minimum atomic E-state index is -0.0838. The second-order valence-corrected chi connectivity index (χ2v) is 7.34. The lowest BCUT2D eigenvalue weighted by Gasteiger charge is -2.21. The van der Waals surface area contributed by atoms with Gasteiger partial charge in [0.1, 0.15) is 25.4 Å². The SMILES string of the molecule is CC(C)n1cnnc1C[C@H]1CCN(C(=O)Nc2ccc3c(c2)OCCO3)C1. The summed E-state index contributed by atoms with van der Waals surface area (Å²) in [4.78, 5) is 14.5. The van der Waals surface area contributed by atoms with E-state index in [-0.39, 0.29) is 6.03 Å². The predicted molar refractivity (Wildman–Crippen MR) is 100 cm³/mol. The number of fused-ring (bicyclic) bond motifs is 1. The van der Waals surface area contributed by atoms with Crippen LogP contribution in [-0.4, -0.2) is 52.0 Å². The number of likely N-dealkylation sites (tertiary alicyclic amines) is 1. The van der Waals surface area contributed by atoms with Crippen molar-refractivity contribution in [3.8, 4) is 11.5 Å². The second kappa shape index (κ2) is 7.46. The summed E-state index contributed by atoms with van der Waals surface area (Å²) >= 11 is 0. The van der Waals surface area contributed by atoms with Gasteiger partial charge >= 0.3 is 6.03 Å². The molecule has 0 aliphatic carbocycles. The van der Waals surface area contributed by atoms with E-state index in [1.54, 1.807) is 6.33 Å². The third-order valence-corrected chi connectivity index (χ3v) is 5.04. The Hall–Kier alpha value is -2.77. The number of hydrogen-bond donors (Lipinski definition) is 1. The summed E-state index contributed by atoms with van der Waals surface area (Å²) in [7, 11) is 0. The minimum absolute atomic E-state index is 0.0838. The molecule has 27 heavy (non-hydrogen) atoms. The summed E-state index contributed by atoms with van der Waals surface area (Å²) in [6, 6.07) is 5.73. The quantitative estimate of drug-likeness (QED) is 0.894. The number of amides is 2. The van der Waals surface area contributed by atoms with E-state index in [2.05, 4.69) is 33.9 Å². The van der Waals surface area contributed by atoms with Gasteiger partial charge in [-0.25, -0.2) is 4.79 Å². The second-order valence-electron chi connectivity index (χ2n) is 7.34. The van der Waals surface area contributed by atoms with Crippen LogP contribution in [0.5, 0.6) is 11.5 Å². The molecule has 4 rings (SSSR count). The molecule has 2 amide bonds. The monoisotopic (exact) mass is 371 g/mol. The maximum atomic E-state index is 12.6. The van der Waals surface area contributed by atoms with Gasteiger partial charge in [0.05, 0.1) is 0 Å². The van der Waals surface area contributed by atoms with Gasteiger partial charge in [-0.1, -0.05) is 0 Å². The number of benzene rings is 1. The van der Waals surface area contributed by atoms with Crippen LogP contribution in [0.4, 0.5) is 10.5 Å². The lowest BCUT2D eigenvalue weighted by molar-refractivity contribution is 0.171. The number of nitrogens with one attached hydrogen (secondary N) is 1. The molecule has 2 aliphatic rings. The van der Waals surface area contributed by atoms with Crippen molar-refractivity contribution < 1.29 is 14.3 Å². The van der Waals surface area contributed by atoms with Gasteiger partial charge in [0.25, 0.3) is 0 Å². The van der Waals surface area contributed by atoms with Crippen LogP contribution in [0.1, 0.15) is 32.1 Å². The Labute approximate surface area is 158 Å². The smallest absolute Gasteiger partial charge is 0.321 e. The Kier molecular flexibility index (Phi) is 4.87. The molecular formula is C19H25N5O3. The van der Waals surface area contributed by atoms with Crippen molar-refractivity contribution in [1.29, 1.82) is 0 Å². The number of anilines is 1. The lowest BCUT2D eigenvalue weighted by atomic mass is 10.0. The fraction of sp³-hybridized carbons (Fsp3) is 0.526. The summed E-state index contributed by atoms with van der Waals surface area (Å²) in [6.07, 6.45) is 3.59. The Morgan fingerprint density at radius 2 is 2.11 bits per heavy atom. The van der Waals surface area contributed by atoms with E-state index >= 15 is 0 Å². The zero-order valence-corrected chi connectivity index (χ0v) is 15.7. The zero-order valence-electron chi connectivity index (χ0n) is 15.7. The molecule has 0 unspecified atom stereocenters. The average molecular weight is 371 g/mol. The molecular weight excluding hydrogens is 346 g/mol. The molecule has 0 radical (unpaired) electrons. The molecule has 1 N–H and O–H groups in total. The molecule has 1 aromatic carbocycles. The third-order valence-electron chi connectivity index (χ3n) is 5.04. The van der Waals surface area contributed by atoms with Gasteiger partial charge in [-0.15, -0.1) is 10.2 Å². The molecule has 0 spiro atoms. The molecule has 8 heteroatoms. The number of nitrogens with zero attached hydrogens (tertiary/aromatic N) is 4. The number of ether oxygens (including phenoxy) is 2. The van der Waals surface area contributed by atoms with E-state index in [4.69, 9.17) is 9.47 Å². The molecule has 1 aromatic heterocycles. The van der Waals surface area contributed by atoms with Crippen molar-refractivity contribution in [3.63, 3.8) is 0 Å². The fourth-order valence-electron chi connectivity index (χ4n) is 3.61. The highest BCUT2D eigenvalue weighted by Crippen LogP contribution is 2.33. The van der Waals surface area contributed by atoms with E-state index in [9.17, 15) is 4.79 Å². The molecule has 2 aromatic rings. The van der Waals surface area contributed by atoms with Crippen molar-refractivity contribution in [3.05, 3.63) is 30.4 Å². The molecule has 1 saturated heterocycles. The van der Waals surface area contributed by atoms with Gasteiger partial charge in [-0.2, -0.15) is 0 Å². The standard InChI is InChI=1S/C19H25N5O3/c1-13(2)24-12-20-22-18(24)9-14-5-6-23(11-14)19(25)21-15-3-4-16-17(10-15)27-8-7-26-16/h3-4,10,12-14H,5-9,11H2,1-2H3,(H,21,25)/t14-/m1/s1. The van der Waals surface area contributed by atoms with Crippen LogP contribution in [0, 0.1) is 5.92 Å². The molecule has 0 saturated carbocycles. The van der Waals surface area contributed by atoms with Crippen LogP contribution >= 0.6 is 0 Å². The number of carbonyl (C=O) groups is 1. The van der Waals surface area contributed by atoms with Crippen molar-refractivity contribution in [2.75, 3.05) is 31.6 Å². The summed E-state index contributed by atoms with van der Waals surface area (Å²) in [6.45, 7) is 6.79. The van der Waals surface area contributed by atoms with Gasteiger partial charge < -0.3 is 24.3 Å². The van der Waals surface area contributed by atoms with Gasteiger partial charge in [-0.05, 0) is 38.3 Å². The maximum Gasteiger partial charge on any atom is 0.321 e. The number of urea groups is 1. The average Bonchev–Trinajstić information content (AvgIpc) is 3.31. The lowest BCUT2D eigenvalue weighted by Crippen LogP contribution is -2.33. The summed E-state index contributed by atoms with van der Waals surface area (Å²) < 4.78 is 13.2. The summed E-state index contributed by atoms with van der Waals surface area (Å²) in [5.74, 6) is 2.78. The Morgan fingerprint density at radius 1 is 1.30 bits per heavy atom. The summed E-state index contributed by atoms with van der Waals surface area (Å²) in [5, 5.41) is 11.2. The molecule has 8 nitrogen and oxygen atoms in total. The highest BCUT2D eigenvalue weighted by atomic mass is 16.6. The van der Waals surface area contributed by atoms with E-state index < -0.39 is 0 Å². The minimum Gasteiger partial charge on any atom is -0.486 e. The molecule has 0 bridgehead atoms. The molecule has 1 fully saturated rings. The third kappa shape index (κ3) is 3.84. The van der Waals surface area contributed by atoms with Crippen LogP contribution in [0.15, 0.2) is 24.5 Å². The number of carbonyl (C=O) groups excluding carboxylic acids is 1. The predicted octanol–water partition coefficient (Wildman–Crippen LogP) is 2.73. The van der Waals surface area contributed by atoms with E-state index in [0.717, 1.165) is 37.5 Å². The van der Waals surface area contributed by atoms with Crippen molar-refractivity contribution in [2.45, 2.75) is 32.7 Å². The number of aromatic nitrogens is 3. The normalized spacial score (nSPS) is 18.8. The Balaban J connectivity index is 1.34. The first kappa shape index (κ1) is 17.6. The van der Waals surface area contributed by atoms with Crippen LogP contribution < -0.4 is 14.8 Å². The molecule has 2 aliphatic heterocycles. The maximum absolute atomic E-state index is 12.6.